The van der Waals surface area contributed by atoms with Gasteiger partial charge in [0, 0.05) is 56.0 Å². The summed E-state index contributed by atoms with van der Waals surface area (Å²) in [5.74, 6) is -5.03. The van der Waals surface area contributed by atoms with E-state index >= 15 is 0 Å². The minimum atomic E-state index is -1.26. The van der Waals surface area contributed by atoms with Gasteiger partial charge in [0.1, 0.15) is 0 Å². The summed E-state index contributed by atoms with van der Waals surface area (Å²) in [7, 11) is 0. The molecule has 2 atom stereocenters. The van der Waals surface area contributed by atoms with Crippen molar-refractivity contribution in [2.75, 3.05) is 13.1 Å². The molecule has 2 aliphatic rings. The minimum Gasteiger partial charge on any atom is -0.478 e. The van der Waals surface area contributed by atoms with Crippen LogP contribution in [-0.4, -0.2) is 85.6 Å². The number of carbonyl (C=O) groups is 4. The highest BCUT2D eigenvalue weighted by atomic mass is 16.4. The van der Waals surface area contributed by atoms with Crippen LogP contribution in [0.2, 0.25) is 0 Å². The van der Waals surface area contributed by atoms with Crippen molar-refractivity contribution in [1.29, 1.82) is 0 Å². The Balaban J connectivity index is 0.000000337. The third-order valence-corrected chi connectivity index (χ3v) is 5.56. The second-order valence-electron chi connectivity index (χ2n) is 8.31. The largest absolute Gasteiger partial charge is 0.478 e. The minimum absolute atomic E-state index is 0.220. The fraction of sp³-hybridized carbons (Fsp3) is 0.440. The zero-order chi connectivity index (χ0) is 26.9. The first kappa shape index (κ1) is 30.5. The van der Waals surface area contributed by atoms with E-state index in [0.717, 1.165) is 19.6 Å². The summed E-state index contributed by atoms with van der Waals surface area (Å²) in [4.78, 5) is 40.7. The molecule has 3 rings (SSSR count). The molecule has 0 aromatic heterocycles. The third kappa shape index (κ3) is 14.0. The molecule has 1 saturated carbocycles. The van der Waals surface area contributed by atoms with E-state index in [-0.39, 0.29) is 12.1 Å². The smallest absolute Gasteiger partial charge is 0.328 e. The Morgan fingerprint density at radius 1 is 0.778 bits per heavy atom. The first-order valence-corrected chi connectivity index (χ1v) is 11.6. The predicted molar refractivity (Wildman–Crippen MR) is 130 cm³/mol. The van der Waals surface area contributed by atoms with Gasteiger partial charge in [-0.1, -0.05) is 49.6 Å². The van der Waals surface area contributed by atoms with Gasteiger partial charge in [0.05, 0.1) is 6.10 Å². The zero-order valence-electron chi connectivity index (χ0n) is 19.9. The van der Waals surface area contributed by atoms with Gasteiger partial charge in [-0.15, -0.1) is 0 Å². The van der Waals surface area contributed by atoms with E-state index in [9.17, 15) is 24.3 Å². The molecule has 0 radical (unpaired) electrons. The normalized spacial score (nSPS) is 20.2. The first-order valence-electron chi connectivity index (χ1n) is 11.6. The van der Waals surface area contributed by atoms with Crippen LogP contribution < -0.4 is 5.32 Å². The molecule has 1 saturated heterocycles. The summed E-state index contributed by atoms with van der Waals surface area (Å²) in [5, 5.41) is 45.0. The van der Waals surface area contributed by atoms with Crippen LogP contribution in [0.15, 0.2) is 54.6 Å². The maximum Gasteiger partial charge on any atom is 0.328 e. The van der Waals surface area contributed by atoms with Gasteiger partial charge < -0.3 is 30.8 Å². The van der Waals surface area contributed by atoms with E-state index in [1.54, 1.807) is 0 Å². The van der Waals surface area contributed by atoms with Crippen molar-refractivity contribution < 1.29 is 44.7 Å². The number of rotatable bonds is 8. The fourth-order valence-electron chi connectivity index (χ4n) is 3.89. The molecule has 0 spiro atoms. The van der Waals surface area contributed by atoms with Crippen molar-refractivity contribution in [3.05, 3.63) is 60.2 Å². The Hall–Kier alpha value is -3.54. The number of nitrogens with one attached hydrogen (secondary N) is 1. The lowest BCUT2D eigenvalue weighted by molar-refractivity contribution is -0.134. The summed E-state index contributed by atoms with van der Waals surface area (Å²) in [6.07, 6.45) is 8.76. The average Bonchev–Trinajstić information content (AvgIpc) is 3.22. The molecule has 0 bridgehead atoms. The van der Waals surface area contributed by atoms with Gasteiger partial charge in [0.2, 0.25) is 0 Å². The number of aliphatic carboxylic acids is 4. The van der Waals surface area contributed by atoms with Crippen LogP contribution in [0.25, 0.3) is 0 Å². The van der Waals surface area contributed by atoms with E-state index in [4.69, 9.17) is 20.4 Å². The number of β-amino-alcohol motifs (C(OH)–C–C–N with tert-alkyl or cyclic N) is 1. The molecule has 1 aliphatic heterocycles. The monoisotopic (exact) mass is 506 g/mol. The van der Waals surface area contributed by atoms with Crippen LogP contribution in [0.5, 0.6) is 0 Å². The Labute approximate surface area is 209 Å². The molecule has 198 valence electrons. The van der Waals surface area contributed by atoms with Crippen LogP contribution in [0.3, 0.4) is 0 Å². The third-order valence-electron chi connectivity index (χ3n) is 5.56. The van der Waals surface area contributed by atoms with Crippen molar-refractivity contribution in [1.82, 2.24) is 10.2 Å². The molecule has 1 aliphatic carbocycles. The highest BCUT2D eigenvalue weighted by molar-refractivity contribution is 5.90. The molecule has 1 aromatic rings. The Kier molecular flexibility index (Phi) is 14.4. The molecule has 0 unspecified atom stereocenters. The Bertz CT molecular complexity index is 830. The summed E-state index contributed by atoms with van der Waals surface area (Å²) in [6.45, 7) is 2.69. The number of carboxylic acids is 4. The van der Waals surface area contributed by atoms with Crippen molar-refractivity contribution >= 4 is 23.9 Å². The Morgan fingerprint density at radius 3 is 1.69 bits per heavy atom. The van der Waals surface area contributed by atoms with Crippen molar-refractivity contribution in [2.45, 2.75) is 56.8 Å². The number of carboxylic acid groups (broad SMARTS) is 4. The number of likely N-dealkylation sites (tertiary alicyclic amines) is 1. The fourth-order valence-corrected chi connectivity index (χ4v) is 3.89. The number of aliphatic hydroxyl groups is 1. The van der Waals surface area contributed by atoms with Crippen molar-refractivity contribution in [2.24, 2.45) is 0 Å². The molecule has 6 N–H and O–H groups in total. The number of hydrogen-bond donors (Lipinski definition) is 6. The van der Waals surface area contributed by atoms with E-state index in [2.05, 4.69) is 34.5 Å². The van der Waals surface area contributed by atoms with E-state index in [0.29, 0.717) is 30.3 Å². The van der Waals surface area contributed by atoms with Gasteiger partial charge in [-0.2, -0.15) is 0 Å². The lowest BCUT2D eigenvalue weighted by atomic mass is 9.94. The molecule has 36 heavy (non-hydrogen) atoms. The molecule has 11 heteroatoms. The Morgan fingerprint density at radius 2 is 1.25 bits per heavy atom. The first-order chi connectivity index (χ1) is 17.1. The van der Waals surface area contributed by atoms with Crippen LogP contribution in [0.1, 0.15) is 37.7 Å². The summed E-state index contributed by atoms with van der Waals surface area (Å²) >= 11 is 0. The standard InChI is InChI=1S/C17H26N2O.2C4H4O4/c20-17-13-19(15-9-5-2-6-10-15)12-16(17)18-11-14-7-3-1-4-8-14;2*5-3(6)1-2-4(7)8/h1,3-4,7-8,15-18,20H,2,5-6,9-13H2;2*1-2H,(H,5,6)(H,7,8)/b;2*2-1-/t16-,17-;;/m1../s1. The lowest BCUT2D eigenvalue weighted by Gasteiger charge is -2.30. The molecule has 11 nitrogen and oxygen atoms in total. The second-order valence-corrected chi connectivity index (χ2v) is 8.31. The number of aliphatic hydroxyl groups excluding tert-OH is 1. The molecule has 1 aromatic carbocycles. The highest BCUT2D eigenvalue weighted by Gasteiger charge is 2.34. The van der Waals surface area contributed by atoms with E-state index in [1.807, 2.05) is 6.07 Å². The van der Waals surface area contributed by atoms with Crippen LogP contribution in [0.4, 0.5) is 0 Å². The molecule has 2 fully saturated rings. The van der Waals surface area contributed by atoms with Crippen LogP contribution >= 0.6 is 0 Å². The van der Waals surface area contributed by atoms with Gasteiger partial charge >= 0.3 is 23.9 Å². The topological polar surface area (TPSA) is 185 Å². The molecule has 1 heterocycles. The van der Waals surface area contributed by atoms with Gasteiger partial charge in [0.15, 0.2) is 0 Å². The number of nitrogens with zero attached hydrogens (tertiary/aromatic N) is 1. The van der Waals surface area contributed by atoms with Gasteiger partial charge in [-0.25, -0.2) is 19.2 Å². The van der Waals surface area contributed by atoms with Crippen LogP contribution in [0, 0.1) is 0 Å². The van der Waals surface area contributed by atoms with E-state index in [1.165, 1.54) is 37.7 Å². The molecular formula is C25H34N2O9. The molecule has 0 amide bonds. The maximum atomic E-state index is 10.3. The second kappa shape index (κ2) is 17.0. The summed E-state index contributed by atoms with van der Waals surface area (Å²) < 4.78 is 0. The highest BCUT2D eigenvalue weighted by Crippen LogP contribution is 2.26. The predicted octanol–water partition coefficient (Wildman–Crippen LogP) is 1.58. The number of hydrogen-bond acceptors (Lipinski definition) is 7. The number of benzene rings is 1. The quantitative estimate of drug-likeness (QED) is 0.281. The van der Waals surface area contributed by atoms with Gasteiger partial charge in [-0.05, 0) is 18.4 Å². The zero-order valence-corrected chi connectivity index (χ0v) is 19.9. The molecular weight excluding hydrogens is 472 g/mol. The lowest BCUT2D eigenvalue weighted by Crippen LogP contribution is -2.39. The summed E-state index contributed by atoms with van der Waals surface area (Å²) in [5.41, 5.74) is 1.29. The summed E-state index contributed by atoms with van der Waals surface area (Å²) in [6, 6.07) is 11.4. The van der Waals surface area contributed by atoms with E-state index < -0.39 is 23.9 Å². The van der Waals surface area contributed by atoms with Gasteiger partial charge in [-0.3, -0.25) is 4.90 Å². The van der Waals surface area contributed by atoms with Gasteiger partial charge in [0.25, 0.3) is 0 Å². The maximum absolute atomic E-state index is 10.3. The average molecular weight is 507 g/mol. The van der Waals surface area contributed by atoms with Crippen LogP contribution in [-0.2, 0) is 25.7 Å². The van der Waals surface area contributed by atoms with Crippen molar-refractivity contribution in [3.63, 3.8) is 0 Å². The van der Waals surface area contributed by atoms with Crippen molar-refractivity contribution in [3.8, 4) is 0 Å². The SMILES string of the molecule is O=C(O)/C=C\C(=O)O.O=C(O)/C=C\C(=O)O.O[C@@H]1CN(C2CCCCC2)C[C@H]1NCc1ccccc1.